The third kappa shape index (κ3) is 6.13. The van der Waals surface area contributed by atoms with Gasteiger partial charge >= 0.3 is 0 Å². The predicted molar refractivity (Wildman–Crippen MR) is 123 cm³/mol. The van der Waals surface area contributed by atoms with Crippen LogP contribution in [0.4, 0.5) is 0 Å². The maximum absolute atomic E-state index is 12.4. The number of aromatic nitrogens is 1. The molecule has 0 unspecified atom stereocenters. The van der Waals surface area contributed by atoms with Crippen LogP contribution < -0.4 is 5.32 Å². The number of nitrogens with zero attached hydrogens (tertiary/aromatic N) is 3. The number of carbonyl (C=O) groups excluding carboxylic acids is 1. The number of likely N-dealkylation sites (tertiary alicyclic amines) is 1. The molecule has 0 aliphatic carbocycles. The van der Waals surface area contributed by atoms with Crippen LogP contribution in [0.5, 0.6) is 0 Å². The molecule has 30 heavy (non-hydrogen) atoms. The van der Waals surface area contributed by atoms with E-state index < -0.39 is 0 Å². The van der Waals surface area contributed by atoms with Crippen molar-refractivity contribution in [2.45, 2.75) is 45.7 Å². The summed E-state index contributed by atoms with van der Waals surface area (Å²) in [4.78, 5) is 21.6. The van der Waals surface area contributed by atoms with Crippen LogP contribution in [-0.4, -0.2) is 60.5 Å². The van der Waals surface area contributed by atoms with Gasteiger partial charge in [0.2, 0.25) is 0 Å². The third-order valence-corrected chi connectivity index (χ3v) is 6.34. The Hall–Kier alpha value is -2.24. The van der Waals surface area contributed by atoms with Crippen LogP contribution >= 0.6 is 0 Å². The molecule has 1 atom stereocenters. The Morgan fingerprint density at radius 2 is 1.90 bits per heavy atom. The number of nitrogens with one attached hydrogen (secondary N) is 1. The van der Waals surface area contributed by atoms with E-state index in [1.807, 2.05) is 12.3 Å². The van der Waals surface area contributed by atoms with E-state index in [4.69, 9.17) is 0 Å². The lowest BCUT2D eigenvalue weighted by atomic mass is 10.0. The first-order valence-corrected chi connectivity index (χ1v) is 11.2. The maximum Gasteiger partial charge on any atom is 0.252 e. The Morgan fingerprint density at radius 1 is 1.20 bits per heavy atom. The van der Waals surface area contributed by atoms with Gasteiger partial charge in [0.15, 0.2) is 0 Å². The van der Waals surface area contributed by atoms with Crippen LogP contribution in [-0.2, 0) is 6.54 Å². The first-order valence-electron chi connectivity index (χ1n) is 11.2. The lowest BCUT2D eigenvalue weighted by molar-refractivity contribution is 0.0947. The summed E-state index contributed by atoms with van der Waals surface area (Å²) in [7, 11) is 4.43. The molecule has 0 bridgehead atoms. The Labute approximate surface area is 181 Å². The molecule has 0 radical (unpaired) electrons. The number of hydrogen-bond donors (Lipinski definition) is 1. The van der Waals surface area contributed by atoms with Crippen molar-refractivity contribution in [1.29, 1.82) is 0 Å². The molecule has 1 N–H and O–H groups in total. The molecular formula is C25H36N4O. The monoisotopic (exact) mass is 408 g/mol. The molecule has 1 aromatic carbocycles. The smallest absolute Gasteiger partial charge is 0.252 e. The number of amides is 1. The number of pyridine rings is 1. The fourth-order valence-electron chi connectivity index (χ4n) is 3.89. The quantitative estimate of drug-likeness (QED) is 0.716. The summed E-state index contributed by atoms with van der Waals surface area (Å²) in [5, 5.41) is 3.01. The van der Waals surface area contributed by atoms with Gasteiger partial charge in [0.1, 0.15) is 0 Å². The largest absolute Gasteiger partial charge is 0.352 e. The predicted octanol–water partition coefficient (Wildman–Crippen LogP) is 4.05. The molecule has 0 spiro atoms. The highest BCUT2D eigenvalue weighted by atomic mass is 16.1. The molecule has 1 aromatic heterocycles. The van der Waals surface area contributed by atoms with Crippen LogP contribution in [0.25, 0.3) is 11.1 Å². The van der Waals surface area contributed by atoms with Crippen LogP contribution in [0.3, 0.4) is 0 Å². The van der Waals surface area contributed by atoms with Gasteiger partial charge < -0.3 is 10.2 Å². The van der Waals surface area contributed by atoms with E-state index in [1.54, 1.807) is 6.20 Å². The van der Waals surface area contributed by atoms with Crippen molar-refractivity contribution in [3.8, 4) is 11.1 Å². The number of hydrogen-bond acceptors (Lipinski definition) is 4. The lowest BCUT2D eigenvalue weighted by Gasteiger charge is -2.35. The fourth-order valence-corrected chi connectivity index (χ4v) is 3.89. The molecule has 1 aliphatic rings. The second-order valence-electron chi connectivity index (χ2n) is 8.83. The summed E-state index contributed by atoms with van der Waals surface area (Å²) in [6.45, 7) is 8.29. The van der Waals surface area contributed by atoms with E-state index in [-0.39, 0.29) is 5.91 Å². The van der Waals surface area contributed by atoms with Crippen molar-refractivity contribution in [3.05, 3.63) is 53.9 Å². The normalized spacial score (nSPS) is 16.6. The molecule has 1 saturated heterocycles. The summed E-state index contributed by atoms with van der Waals surface area (Å²) >= 11 is 0. The van der Waals surface area contributed by atoms with Gasteiger partial charge in [-0.15, -0.1) is 0 Å². The van der Waals surface area contributed by atoms with Crippen molar-refractivity contribution in [2.75, 3.05) is 33.7 Å². The molecule has 1 aliphatic heterocycles. The first kappa shape index (κ1) is 22.4. The SMILES string of the molecule is CC[C@H](C)CNC(=O)c1cncc(-c2ccc(CN(C)C3CCN(C)CC3)cc2)c1. The highest BCUT2D eigenvalue weighted by molar-refractivity contribution is 5.95. The number of carbonyl (C=O) groups is 1. The topological polar surface area (TPSA) is 48.5 Å². The van der Waals surface area contributed by atoms with Crippen molar-refractivity contribution in [2.24, 2.45) is 5.92 Å². The van der Waals surface area contributed by atoms with Crippen LogP contribution in [0.15, 0.2) is 42.7 Å². The van der Waals surface area contributed by atoms with Gasteiger partial charge in [0.25, 0.3) is 5.91 Å². The van der Waals surface area contributed by atoms with Crippen molar-refractivity contribution < 1.29 is 4.79 Å². The molecule has 1 fully saturated rings. The second-order valence-corrected chi connectivity index (χ2v) is 8.83. The van der Waals surface area contributed by atoms with Gasteiger partial charge in [-0.25, -0.2) is 0 Å². The van der Waals surface area contributed by atoms with E-state index >= 15 is 0 Å². The van der Waals surface area contributed by atoms with E-state index in [0.29, 0.717) is 24.1 Å². The average Bonchev–Trinajstić information content (AvgIpc) is 2.78. The highest BCUT2D eigenvalue weighted by Crippen LogP contribution is 2.22. The van der Waals surface area contributed by atoms with Gasteiger partial charge in [-0.2, -0.15) is 0 Å². The molecule has 162 valence electrons. The van der Waals surface area contributed by atoms with Crippen molar-refractivity contribution in [3.63, 3.8) is 0 Å². The molecule has 1 amide bonds. The van der Waals surface area contributed by atoms with E-state index in [2.05, 4.69) is 72.3 Å². The zero-order valence-corrected chi connectivity index (χ0v) is 18.9. The Kier molecular flexibility index (Phi) is 8.00. The second kappa shape index (κ2) is 10.7. The minimum atomic E-state index is -0.0546. The third-order valence-electron chi connectivity index (χ3n) is 6.34. The minimum absolute atomic E-state index is 0.0546. The summed E-state index contributed by atoms with van der Waals surface area (Å²) in [5.41, 5.74) is 3.99. The van der Waals surface area contributed by atoms with Gasteiger partial charge in [0, 0.05) is 37.1 Å². The standard InChI is InChI=1S/C25H36N4O/c1-5-19(2)15-27-25(30)23-14-22(16-26-17-23)21-8-6-20(7-9-21)18-29(4)24-10-12-28(3)13-11-24/h6-9,14,16-17,19,24H,5,10-13,15,18H2,1-4H3,(H,27,30)/t19-/m0/s1. The molecule has 2 heterocycles. The zero-order chi connectivity index (χ0) is 21.5. The van der Waals surface area contributed by atoms with Crippen LogP contribution in [0, 0.1) is 5.92 Å². The van der Waals surface area contributed by atoms with Crippen molar-refractivity contribution in [1.82, 2.24) is 20.1 Å². The Morgan fingerprint density at radius 3 is 2.57 bits per heavy atom. The van der Waals surface area contributed by atoms with Gasteiger partial charge in [-0.3, -0.25) is 14.7 Å². The fraction of sp³-hybridized carbons (Fsp3) is 0.520. The maximum atomic E-state index is 12.4. The molecular weight excluding hydrogens is 372 g/mol. The van der Waals surface area contributed by atoms with Gasteiger partial charge in [-0.05, 0) is 63.1 Å². The average molecular weight is 409 g/mol. The van der Waals surface area contributed by atoms with E-state index in [0.717, 1.165) is 24.1 Å². The van der Waals surface area contributed by atoms with Crippen molar-refractivity contribution >= 4 is 5.91 Å². The van der Waals surface area contributed by atoms with E-state index in [9.17, 15) is 4.79 Å². The Balaban J connectivity index is 1.61. The highest BCUT2D eigenvalue weighted by Gasteiger charge is 2.20. The summed E-state index contributed by atoms with van der Waals surface area (Å²) < 4.78 is 0. The van der Waals surface area contributed by atoms with Crippen LogP contribution in [0.2, 0.25) is 0 Å². The zero-order valence-electron chi connectivity index (χ0n) is 18.9. The minimum Gasteiger partial charge on any atom is -0.352 e. The molecule has 5 nitrogen and oxygen atoms in total. The molecule has 5 heteroatoms. The Bertz CT molecular complexity index is 812. The van der Waals surface area contributed by atoms with Gasteiger partial charge in [0.05, 0.1) is 5.56 Å². The van der Waals surface area contributed by atoms with E-state index in [1.165, 1.54) is 31.5 Å². The summed E-state index contributed by atoms with van der Waals surface area (Å²) in [6, 6.07) is 11.2. The summed E-state index contributed by atoms with van der Waals surface area (Å²) in [5.74, 6) is 0.423. The molecule has 0 saturated carbocycles. The first-order chi connectivity index (χ1) is 14.5. The molecule has 3 rings (SSSR count). The number of benzene rings is 1. The number of rotatable bonds is 8. The van der Waals surface area contributed by atoms with Crippen LogP contribution in [0.1, 0.15) is 49.0 Å². The van der Waals surface area contributed by atoms with Gasteiger partial charge in [-0.1, -0.05) is 44.5 Å². The molecule has 2 aromatic rings. The summed E-state index contributed by atoms with van der Waals surface area (Å²) in [6.07, 6.45) is 6.99. The number of piperidine rings is 1. The lowest BCUT2D eigenvalue weighted by Crippen LogP contribution is -2.41.